The predicted molar refractivity (Wildman–Crippen MR) is 69.7 cm³/mol. The molecule has 0 aromatic heterocycles. The lowest BCUT2D eigenvalue weighted by Gasteiger charge is -1.93. The minimum absolute atomic E-state index is 0.0628. The molecule has 0 saturated carbocycles. The lowest BCUT2D eigenvalue weighted by Crippen LogP contribution is -1.97. The van der Waals surface area contributed by atoms with Crippen molar-refractivity contribution in [1.82, 2.24) is 0 Å². The number of unbranched alkanes of at least 4 members (excludes halogenated alkanes) is 1. The van der Waals surface area contributed by atoms with Crippen LogP contribution in [0.1, 0.15) is 36.8 Å². The fourth-order valence-electron chi connectivity index (χ4n) is 1.22. The van der Waals surface area contributed by atoms with E-state index < -0.39 is 11.9 Å². The molecule has 0 amide bonds. The molecule has 1 aromatic rings. The summed E-state index contributed by atoms with van der Waals surface area (Å²) >= 11 is 0. The normalized spacial score (nSPS) is 9.22. The first-order valence-corrected chi connectivity index (χ1v) is 5.89. The van der Waals surface area contributed by atoms with E-state index in [2.05, 4.69) is 38.1 Å². The van der Waals surface area contributed by atoms with Crippen LogP contribution in [-0.2, 0) is 9.59 Å². The second-order valence-corrected chi connectivity index (χ2v) is 4.08. The van der Waals surface area contributed by atoms with E-state index in [1.54, 1.807) is 0 Å². The number of aliphatic carboxylic acids is 2. The van der Waals surface area contributed by atoms with E-state index in [0.29, 0.717) is 12.8 Å². The molecule has 100 valence electrons. The van der Waals surface area contributed by atoms with Crippen molar-refractivity contribution in [1.29, 1.82) is 0 Å². The van der Waals surface area contributed by atoms with Gasteiger partial charge >= 0.3 is 11.9 Å². The van der Waals surface area contributed by atoms with Crippen molar-refractivity contribution in [2.45, 2.75) is 39.5 Å². The van der Waals surface area contributed by atoms with Crippen molar-refractivity contribution in [2.24, 2.45) is 0 Å². The largest absolute Gasteiger partial charge is 0.481 e. The van der Waals surface area contributed by atoms with Crippen molar-refractivity contribution in [2.75, 3.05) is 0 Å². The van der Waals surface area contributed by atoms with Crippen LogP contribution in [0.3, 0.4) is 0 Å². The second-order valence-electron chi connectivity index (χ2n) is 4.08. The van der Waals surface area contributed by atoms with E-state index in [4.69, 9.17) is 10.2 Å². The van der Waals surface area contributed by atoms with E-state index >= 15 is 0 Å². The first-order chi connectivity index (χ1) is 8.43. The fourth-order valence-corrected chi connectivity index (χ4v) is 1.22. The molecule has 0 aliphatic rings. The van der Waals surface area contributed by atoms with E-state index in [-0.39, 0.29) is 12.8 Å². The molecular formula is C14H20O4. The average molecular weight is 252 g/mol. The molecule has 2 N–H and O–H groups in total. The number of carbonyl (C=O) groups is 2. The Hall–Kier alpha value is -1.84. The summed E-state index contributed by atoms with van der Waals surface area (Å²) in [6.45, 7) is 4.24. The highest BCUT2D eigenvalue weighted by Gasteiger charge is 1.99. The van der Waals surface area contributed by atoms with Crippen LogP contribution in [0.25, 0.3) is 0 Å². The van der Waals surface area contributed by atoms with Gasteiger partial charge in [0.25, 0.3) is 0 Å². The third-order valence-corrected chi connectivity index (χ3v) is 2.46. The molecule has 0 aliphatic carbocycles. The number of hydrogen-bond donors (Lipinski definition) is 2. The van der Waals surface area contributed by atoms with Gasteiger partial charge in [-0.25, -0.2) is 0 Å². The summed E-state index contributed by atoms with van der Waals surface area (Å²) in [7, 11) is 0. The molecule has 0 spiro atoms. The quantitative estimate of drug-likeness (QED) is 0.790. The highest BCUT2D eigenvalue weighted by molar-refractivity contribution is 5.67. The number of benzene rings is 1. The molecule has 0 heterocycles. The summed E-state index contributed by atoms with van der Waals surface area (Å²) in [5.74, 6) is -1.74. The van der Waals surface area contributed by atoms with Crippen LogP contribution in [0.4, 0.5) is 0 Å². The highest BCUT2D eigenvalue weighted by Crippen LogP contribution is 2.02. The number of carboxylic acid groups (broad SMARTS) is 2. The van der Waals surface area contributed by atoms with Crippen LogP contribution in [0, 0.1) is 13.8 Å². The maximum atomic E-state index is 9.90. The van der Waals surface area contributed by atoms with Gasteiger partial charge in [0, 0.05) is 12.8 Å². The molecule has 4 heteroatoms. The molecule has 4 nitrogen and oxygen atoms in total. The van der Waals surface area contributed by atoms with Crippen LogP contribution in [0.2, 0.25) is 0 Å². The summed E-state index contributed by atoms with van der Waals surface area (Å²) < 4.78 is 0. The van der Waals surface area contributed by atoms with Crippen LogP contribution in [-0.4, -0.2) is 22.2 Å². The zero-order chi connectivity index (χ0) is 14.0. The highest BCUT2D eigenvalue weighted by atomic mass is 16.4. The smallest absolute Gasteiger partial charge is 0.303 e. The van der Waals surface area contributed by atoms with Gasteiger partial charge in [0.1, 0.15) is 0 Å². The molecule has 0 saturated heterocycles. The zero-order valence-corrected chi connectivity index (χ0v) is 10.8. The van der Waals surface area contributed by atoms with Crippen LogP contribution in [0.5, 0.6) is 0 Å². The minimum Gasteiger partial charge on any atom is -0.481 e. The zero-order valence-electron chi connectivity index (χ0n) is 10.8. The molecule has 0 aliphatic heterocycles. The van der Waals surface area contributed by atoms with Crippen LogP contribution in [0.15, 0.2) is 24.3 Å². The monoisotopic (exact) mass is 252 g/mol. The van der Waals surface area contributed by atoms with Crippen molar-refractivity contribution >= 4 is 11.9 Å². The maximum absolute atomic E-state index is 9.90. The van der Waals surface area contributed by atoms with Gasteiger partial charge in [-0.3, -0.25) is 9.59 Å². The van der Waals surface area contributed by atoms with Gasteiger partial charge < -0.3 is 10.2 Å². The van der Waals surface area contributed by atoms with E-state index in [0.717, 1.165) is 0 Å². The Morgan fingerprint density at radius 1 is 0.889 bits per heavy atom. The average Bonchev–Trinajstić information content (AvgIpc) is 2.29. The molecule has 1 aromatic carbocycles. The standard InChI is InChI=1S/C8H10.C6H10O4/c1-7-5-3-4-6-8(7)2;7-5(8)3-1-2-4-6(9)10/h3-6H,1-2H3;1-4H2,(H,7,8)(H,9,10). The van der Waals surface area contributed by atoms with Crippen molar-refractivity contribution in [3.63, 3.8) is 0 Å². The van der Waals surface area contributed by atoms with Crippen LogP contribution >= 0.6 is 0 Å². The lowest BCUT2D eigenvalue weighted by atomic mass is 10.1. The Labute approximate surface area is 107 Å². The molecular weight excluding hydrogens is 232 g/mol. The molecule has 18 heavy (non-hydrogen) atoms. The lowest BCUT2D eigenvalue weighted by molar-refractivity contribution is -0.139. The van der Waals surface area contributed by atoms with Gasteiger partial charge in [0.05, 0.1) is 0 Å². The summed E-state index contributed by atoms with van der Waals surface area (Å²) in [5.41, 5.74) is 2.74. The van der Waals surface area contributed by atoms with E-state index in [1.807, 2.05) is 0 Å². The Bertz CT molecular complexity index is 348. The summed E-state index contributed by atoms with van der Waals surface area (Å²) in [6.07, 6.45) is 1.02. The van der Waals surface area contributed by atoms with Crippen molar-refractivity contribution in [3.8, 4) is 0 Å². The molecule has 1 rings (SSSR count). The summed E-state index contributed by atoms with van der Waals surface area (Å²) in [4.78, 5) is 19.8. The van der Waals surface area contributed by atoms with Crippen LogP contribution < -0.4 is 0 Å². The maximum Gasteiger partial charge on any atom is 0.303 e. The first kappa shape index (κ1) is 16.2. The van der Waals surface area contributed by atoms with Gasteiger partial charge in [0.2, 0.25) is 0 Å². The summed E-state index contributed by atoms with van der Waals surface area (Å²) in [5, 5.41) is 16.3. The number of aryl methyl sites for hydroxylation is 2. The second kappa shape index (κ2) is 9.22. The first-order valence-electron chi connectivity index (χ1n) is 5.89. The van der Waals surface area contributed by atoms with Crippen molar-refractivity contribution in [3.05, 3.63) is 35.4 Å². The Kier molecular flexibility index (Phi) is 8.27. The van der Waals surface area contributed by atoms with Gasteiger partial charge in [-0.15, -0.1) is 0 Å². The number of carboxylic acids is 2. The Morgan fingerprint density at radius 2 is 1.22 bits per heavy atom. The third-order valence-electron chi connectivity index (χ3n) is 2.46. The van der Waals surface area contributed by atoms with E-state index in [9.17, 15) is 9.59 Å². The third kappa shape index (κ3) is 9.39. The molecule has 0 bridgehead atoms. The Balaban J connectivity index is 0.000000327. The van der Waals surface area contributed by atoms with Gasteiger partial charge in [-0.2, -0.15) is 0 Å². The van der Waals surface area contributed by atoms with Gasteiger partial charge in [-0.05, 0) is 37.8 Å². The van der Waals surface area contributed by atoms with Gasteiger partial charge in [0.15, 0.2) is 0 Å². The topological polar surface area (TPSA) is 74.6 Å². The number of hydrogen-bond acceptors (Lipinski definition) is 2. The van der Waals surface area contributed by atoms with Gasteiger partial charge in [-0.1, -0.05) is 24.3 Å². The molecule has 0 fully saturated rings. The SMILES string of the molecule is Cc1ccccc1C.O=C(O)CCCCC(=O)O. The number of rotatable bonds is 5. The molecule has 0 unspecified atom stereocenters. The fraction of sp³-hybridized carbons (Fsp3) is 0.429. The minimum atomic E-state index is -0.870. The molecule has 0 atom stereocenters. The Morgan fingerprint density at radius 3 is 1.44 bits per heavy atom. The van der Waals surface area contributed by atoms with Crippen molar-refractivity contribution < 1.29 is 19.8 Å². The predicted octanol–water partition coefficient (Wildman–Crippen LogP) is 3.02. The van der Waals surface area contributed by atoms with E-state index in [1.165, 1.54) is 11.1 Å². The molecule has 0 radical (unpaired) electrons. The summed E-state index contributed by atoms with van der Waals surface area (Å²) in [6, 6.07) is 8.36.